The van der Waals surface area contributed by atoms with Gasteiger partial charge in [-0.2, -0.15) is 0 Å². The highest BCUT2D eigenvalue weighted by Crippen LogP contribution is 2.38. The van der Waals surface area contributed by atoms with E-state index in [2.05, 4.69) is 4.99 Å². The molecule has 9 heteroatoms. The number of nitro groups is 1. The molecule has 1 aliphatic rings. The highest BCUT2D eigenvalue weighted by atomic mass is 32.2. The zero-order chi connectivity index (χ0) is 17.1. The van der Waals surface area contributed by atoms with Crippen molar-refractivity contribution in [2.45, 2.75) is 0 Å². The van der Waals surface area contributed by atoms with Crippen molar-refractivity contribution in [2.75, 3.05) is 28.3 Å². The average molecular weight is 337 g/mol. The molecule has 1 aliphatic heterocycles. The summed E-state index contributed by atoms with van der Waals surface area (Å²) in [7, 11) is 5.99. The van der Waals surface area contributed by atoms with Gasteiger partial charge in [-0.15, -0.1) is 0 Å². The quantitative estimate of drug-likeness (QED) is 0.475. The van der Waals surface area contributed by atoms with Crippen LogP contribution >= 0.6 is 11.8 Å². The summed E-state index contributed by atoms with van der Waals surface area (Å²) in [5.74, 6) is 0.237. The number of hydrogen-bond acceptors (Lipinski definition) is 7. The lowest BCUT2D eigenvalue weighted by molar-refractivity contribution is -0.385. The van der Waals surface area contributed by atoms with Crippen molar-refractivity contribution >= 4 is 34.6 Å². The van der Waals surface area contributed by atoms with Gasteiger partial charge in [-0.3, -0.25) is 24.8 Å². The fraction of sp³-hybridized carbons (Fsp3) is 0.286. The number of thioether (sulfide) groups is 1. The Hall–Kier alpha value is -2.55. The molecule has 0 aliphatic carbocycles. The maximum absolute atomic E-state index is 12.2. The molecule has 1 saturated heterocycles. The van der Waals surface area contributed by atoms with Crippen LogP contribution in [0.25, 0.3) is 6.08 Å². The van der Waals surface area contributed by atoms with Crippen molar-refractivity contribution in [3.05, 3.63) is 32.7 Å². The summed E-state index contributed by atoms with van der Waals surface area (Å²) in [6.07, 6.45) is 1.55. The van der Waals surface area contributed by atoms with Crippen molar-refractivity contribution < 1.29 is 19.2 Å². The van der Waals surface area contributed by atoms with Gasteiger partial charge in [-0.1, -0.05) is 0 Å². The molecule has 122 valence electrons. The molecule has 8 nitrogen and oxygen atoms in total. The minimum absolute atomic E-state index is 0.0901. The van der Waals surface area contributed by atoms with Crippen LogP contribution in [0.5, 0.6) is 11.5 Å². The van der Waals surface area contributed by atoms with Crippen LogP contribution in [0.4, 0.5) is 5.69 Å². The molecule has 1 aromatic rings. The largest absolute Gasteiger partial charge is 0.496 e. The minimum atomic E-state index is -0.547. The van der Waals surface area contributed by atoms with Gasteiger partial charge in [0, 0.05) is 31.8 Å². The van der Waals surface area contributed by atoms with Crippen LogP contribution in [-0.4, -0.2) is 49.2 Å². The zero-order valence-electron chi connectivity index (χ0n) is 13.0. The van der Waals surface area contributed by atoms with Crippen LogP contribution in [0.3, 0.4) is 0 Å². The first-order valence-corrected chi connectivity index (χ1v) is 7.29. The third-order valence-electron chi connectivity index (χ3n) is 3.21. The molecule has 0 aromatic heterocycles. The first-order valence-electron chi connectivity index (χ1n) is 6.47. The Bertz CT molecular complexity index is 729. The number of amidine groups is 1. The third-order valence-corrected chi connectivity index (χ3v) is 4.36. The van der Waals surface area contributed by atoms with Crippen molar-refractivity contribution in [3.8, 4) is 11.5 Å². The Morgan fingerprint density at radius 2 is 1.96 bits per heavy atom. The highest BCUT2D eigenvalue weighted by molar-refractivity contribution is 8.18. The molecule has 1 fully saturated rings. The number of methoxy groups -OCH3 is 2. The molecule has 0 saturated carbocycles. The van der Waals surface area contributed by atoms with Crippen LogP contribution < -0.4 is 9.47 Å². The van der Waals surface area contributed by atoms with E-state index in [-0.39, 0.29) is 17.3 Å². The number of hydrogen-bond donors (Lipinski definition) is 0. The second kappa shape index (κ2) is 6.69. The monoisotopic (exact) mass is 337 g/mol. The van der Waals surface area contributed by atoms with Gasteiger partial charge >= 0.3 is 5.69 Å². The molecule has 1 aromatic carbocycles. The van der Waals surface area contributed by atoms with E-state index in [1.807, 2.05) is 0 Å². The van der Waals surface area contributed by atoms with Crippen molar-refractivity contribution in [1.82, 2.24) is 4.90 Å². The van der Waals surface area contributed by atoms with Gasteiger partial charge in [0.2, 0.25) is 5.75 Å². The van der Waals surface area contributed by atoms with Crippen LogP contribution in [0.2, 0.25) is 0 Å². The van der Waals surface area contributed by atoms with Gasteiger partial charge in [0.15, 0.2) is 5.17 Å². The first-order chi connectivity index (χ1) is 10.9. The summed E-state index contributed by atoms with van der Waals surface area (Å²) < 4.78 is 10.2. The Morgan fingerprint density at radius 3 is 2.43 bits per heavy atom. The SMILES string of the molecule is CN=C1S/C(=C/c2cc([N+](=O)[O-])c(OC)cc2OC)C(=O)N1C. The zero-order valence-corrected chi connectivity index (χ0v) is 13.8. The standard InChI is InChI=1S/C14H15N3O5S/c1-15-14-16(2)13(18)12(23-14)6-8-5-9(17(19)20)11(22-4)7-10(8)21-3/h5-7H,1-4H3/b12-6+,15-14?. The number of amides is 1. The number of benzene rings is 1. The Labute approximate surface area is 136 Å². The van der Waals surface area contributed by atoms with E-state index in [1.165, 1.54) is 43.0 Å². The maximum Gasteiger partial charge on any atom is 0.311 e. The van der Waals surface area contributed by atoms with Crippen LogP contribution in [-0.2, 0) is 4.79 Å². The highest BCUT2D eigenvalue weighted by Gasteiger charge is 2.30. The van der Waals surface area contributed by atoms with Gasteiger partial charge in [0.1, 0.15) is 5.75 Å². The Balaban J connectivity index is 2.55. The molecule has 2 rings (SSSR count). The average Bonchev–Trinajstić information content (AvgIpc) is 2.82. The molecule has 0 unspecified atom stereocenters. The fourth-order valence-electron chi connectivity index (χ4n) is 2.05. The van der Waals surface area contributed by atoms with Crippen LogP contribution in [0, 0.1) is 10.1 Å². The third kappa shape index (κ3) is 3.14. The summed E-state index contributed by atoms with van der Waals surface area (Å²) in [4.78, 5) is 28.6. The lowest BCUT2D eigenvalue weighted by Crippen LogP contribution is -2.23. The number of rotatable bonds is 4. The number of nitrogens with zero attached hydrogens (tertiary/aromatic N) is 3. The van der Waals surface area contributed by atoms with Crippen LogP contribution in [0.1, 0.15) is 5.56 Å². The van der Waals surface area contributed by atoms with Gasteiger partial charge in [-0.25, -0.2) is 0 Å². The van der Waals surface area contributed by atoms with Gasteiger partial charge in [0.25, 0.3) is 5.91 Å². The van der Waals surface area contributed by atoms with Gasteiger partial charge in [-0.05, 0) is 17.8 Å². The second-order valence-corrected chi connectivity index (χ2v) is 5.51. The van der Waals surface area contributed by atoms with Gasteiger partial charge in [0.05, 0.1) is 24.0 Å². The number of carbonyl (C=O) groups is 1. The summed E-state index contributed by atoms with van der Waals surface area (Å²) >= 11 is 1.20. The number of carbonyl (C=O) groups excluding carboxylic acids is 1. The molecular formula is C14H15N3O5S. The molecule has 0 atom stereocenters. The molecule has 1 amide bonds. The summed E-state index contributed by atoms with van der Waals surface area (Å²) in [5, 5.41) is 11.7. The molecule has 0 radical (unpaired) electrons. The number of likely N-dealkylation sites (N-methyl/N-ethyl adjacent to an activating group) is 1. The van der Waals surface area contributed by atoms with E-state index in [1.54, 1.807) is 20.2 Å². The van der Waals surface area contributed by atoms with E-state index in [0.717, 1.165) is 0 Å². The van der Waals surface area contributed by atoms with Gasteiger partial charge < -0.3 is 9.47 Å². The predicted octanol–water partition coefficient (Wildman–Crippen LogP) is 2.14. The lowest BCUT2D eigenvalue weighted by Gasteiger charge is -2.09. The minimum Gasteiger partial charge on any atom is -0.496 e. The molecule has 23 heavy (non-hydrogen) atoms. The summed E-state index contributed by atoms with van der Waals surface area (Å²) in [6, 6.07) is 2.74. The summed E-state index contributed by atoms with van der Waals surface area (Å²) in [5.41, 5.74) is 0.218. The van der Waals surface area contributed by atoms with E-state index in [4.69, 9.17) is 9.47 Å². The van der Waals surface area contributed by atoms with Crippen molar-refractivity contribution in [3.63, 3.8) is 0 Å². The smallest absolute Gasteiger partial charge is 0.311 e. The second-order valence-electron chi connectivity index (χ2n) is 4.50. The number of aliphatic imine (C=N–C) groups is 1. The van der Waals surface area contributed by atoms with E-state index < -0.39 is 4.92 Å². The molecule has 0 N–H and O–H groups in total. The molecular weight excluding hydrogens is 322 g/mol. The summed E-state index contributed by atoms with van der Waals surface area (Å²) in [6.45, 7) is 0. The maximum atomic E-state index is 12.2. The van der Waals surface area contributed by atoms with E-state index in [0.29, 0.717) is 21.4 Å². The van der Waals surface area contributed by atoms with Crippen LogP contribution in [0.15, 0.2) is 22.0 Å². The molecule has 1 heterocycles. The molecule has 0 spiro atoms. The topological polar surface area (TPSA) is 94.3 Å². The van der Waals surface area contributed by atoms with Crippen molar-refractivity contribution in [1.29, 1.82) is 0 Å². The molecule has 0 bridgehead atoms. The normalized spacial score (nSPS) is 17.9. The fourth-order valence-corrected chi connectivity index (χ4v) is 2.97. The van der Waals surface area contributed by atoms with E-state index >= 15 is 0 Å². The lowest BCUT2D eigenvalue weighted by atomic mass is 10.1. The number of nitro benzene ring substituents is 1. The Morgan fingerprint density at radius 1 is 1.30 bits per heavy atom. The van der Waals surface area contributed by atoms with E-state index in [9.17, 15) is 14.9 Å². The Kier molecular flexibility index (Phi) is 4.89. The predicted molar refractivity (Wildman–Crippen MR) is 87.9 cm³/mol. The first kappa shape index (κ1) is 16.8. The number of ether oxygens (including phenoxy) is 2. The van der Waals surface area contributed by atoms with Crippen molar-refractivity contribution in [2.24, 2.45) is 4.99 Å².